The molecule has 13 heavy (non-hydrogen) atoms. The summed E-state index contributed by atoms with van der Waals surface area (Å²) in [5.41, 5.74) is 5.44. The molecule has 1 amide bonds. The quantitative estimate of drug-likeness (QED) is 0.756. The molecule has 0 atom stereocenters. The zero-order valence-electron chi connectivity index (χ0n) is 8.16. The molecule has 1 rings (SSSR count). The van der Waals surface area contributed by atoms with Crippen molar-refractivity contribution >= 4 is 5.91 Å². The number of unbranched alkanes of at least 4 members (excludes halogenated alkanes) is 1. The van der Waals surface area contributed by atoms with Gasteiger partial charge in [0.25, 0.3) is 0 Å². The number of nitrogens with two attached hydrogens (primary N) is 1. The van der Waals surface area contributed by atoms with Gasteiger partial charge < -0.3 is 5.73 Å². The van der Waals surface area contributed by atoms with E-state index >= 15 is 0 Å². The van der Waals surface area contributed by atoms with Crippen LogP contribution in [0.5, 0.6) is 0 Å². The number of aromatic nitrogens is 1. The summed E-state index contributed by atoms with van der Waals surface area (Å²) in [5.74, 6) is -0.419. The van der Waals surface area contributed by atoms with Gasteiger partial charge in [-0.15, -0.1) is 0 Å². The number of carbonyl (C=O) groups excluding carboxylic acids is 1. The van der Waals surface area contributed by atoms with Crippen LogP contribution in [0.1, 0.15) is 37.0 Å². The highest BCUT2D eigenvalue weighted by atomic mass is 16.1. The van der Waals surface area contributed by atoms with Gasteiger partial charge >= 0.3 is 0 Å². The summed E-state index contributed by atoms with van der Waals surface area (Å²) in [6.07, 6.45) is 5.69. The Morgan fingerprint density at radius 3 is 2.00 bits per heavy atom. The summed E-state index contributed by atoms with van der Waals surface area (Å²) in [6.45, 7) is 4.36. The molecule has 2 N–H and O–H groups in total. The van der Waals surface area contributed by atoms with Crippen LogP contribution in [-0.4, -0.2) is 10.9 Å². The molecule has 0 aliphatic heterocycles. The number of primary amides is 1. The van der Waals surface area contributed by atoms with E-state index in [0.717, 1.165) is 0 Å². The Morgan fingerprint density at radius 2 is 1.77 bits per heavy atom. The van der Waals surface area contributed by atoms with E-state index in [1.807, 2.05) is 0 Å². The van der Waals surface area contributed by atoms with Gasteiger partial charge in [0.05, 0.1) is 0 Å². The third-order valence-electron chi connectivity index (χ3n) is 1.46. The monoisotopic (exact) mass is 180 g/mol. The maximum Gasteiger partial charge on any atom is 0.248 e. The van der Waals surface area contributed by atoms with Crippen molar-refractivity contribution in [1.82, 2.24) is 4.98 Å². The van der Waals surface area contributed by atoms with Crippen LogP contribution in [0.15, 0.2) is 24.5 Å². The zero-order valence-corrected chi connectivity index (χ0v) is 8.16. The molecule has 1 aromatic heterocycles. The van der Waals surface area contributed by atoms with Crippen LogP contribution in [0.4, 0.5) is 0 Å². The Labute approximate surface area is 79.0 Å². The minimum atomic E-state index is -0.419. The van der Waals surface area contributed by atoms with Gasteiger partial charge in [-0.3, -0.25) is 9.78 Å². The van der Waals surface area contributed by atoms with Crippen molar-refractivity contribution in [3.63, 3.8) is 0 Å². The lowest BCUT2D eigenvalue weighted by molar-refractivity contribution is 0.1000. The van der Waals surface area contributed by atoms with Crippen LogP contribution in [-0.2, 0) is 0 Å². The van der Waals surface area contributed by atoms with Crippen LogP contribution in [0, 0.1) is 0 Å². The molecule has 0 unspecified atom stereocenters. The van der Waals surface area contributed by atoms with Gasteiger partial charge in [-0.05, 0) is 12.1 Å². The molecule has 0 aliphatic carbocycles. The Hall–Kier alpha value is -1.38. The SMILES string of the molecule is CCCC.NC(=O)c1ccncc1. The first-order valence-electron chi connectivity index (χ1n) is 4.42. The number of rotatable bonds is 2. The van der Waals surface area contributed by atoms with E-state index in [4.69, 9.17) is 5.73 Å². The van der Waals surface area contributed by atoms with Crippen molar-refractivity contribution in [2.24, 2.45) is 5.73 Å². The lowest BCUT2D eigenvalue weighted by Crippen LogP contribution is -2.10. The fraction of sp³-hybridized carbons (Fsp3) is 0.400. The molecule has 0 saturated heterocycles. The minimum Gasteiger partial charge on any atom is -0.366 e. The normalized spacial score (nSPS) is 8.46. The van der Waals surface area contributed by atoms with Crippen LogP contribution in [0.3, 0.4) is 0 Å². The average Bonchev–Trinajstić information content (AvgIpc) is 2.19. The molecule has 0 bridgehead atoms. The Kier molecular flexibility index (Phi) is 6.51. The molecule has 0 aliphatic rings. The average molecular weight is 180 g/mol. The summed E-state index contributed by atoms with van der Waals surface area (Å²) in [6, 6.07) is 3.14. The first kappa shape index (κ1) is 11.6. The molecule has 3 nitrogen and oxygen atoms in total. The molecule has 72 valence electrons. The van der Waals surface area contributed by atoms with Crippen LogP contribution < -0.4 is 5.73 Å². The van der Waals surface area contributed by atoms with E-state index in [-0.39, 0.29) is 0 Å². The summed E-state index contributed by atoms with van der Waals surface area (Å²) >= 11 is 0. The second kappa shape index (κ2) is 7.28. The van der Waals surface area contributed by atoms with E-state index < -0.39 is 5.91 Å². The van der Waals surface area contributed by atoms with E-state index in [9.17, 15) is 4.79 Å². The maximum absolute atomic E-state index is 10.4. The van der Waals surface area contributed by atoms with Crippen molar-refractivity contribution < 1.29 is 4.79 Å². The van der Waals surface area contributed by atoms with E-state index in [1.165, 1.54) is 25.2 Å². The fourth-order valence-electron chi connectivity index (χ4n) is 0.516. The number of nitrogens with zero attached hydrogens (tertiary/aromatic N) is 1. The van der Waals surface area contributed by atoms with Gasteiger partial charge in [-0.25, -0.2) is 0 Å². The first-order chi connectivity index (χ1) is 6.22. The minimum absolute atomic E-state index is 0.419. The molecule has 1 aromatic rings. The lowest BCUT2D eigenvalue weighted by Gasteiger charge is -1.88. The van der Waals surface area contributed by atoms with E-state index in [1.54, 1.807) is 12.1 Å². The van der Waals surface area contributed by atoms with Crippen molar-refractivity contribution in [3.8, 4) is 0 Å². The number of pyridine rings is 1. The number of hydrogen-bond donors (Lipinski definition) is 1. The first-order valence-corrected chi connectivity index (χ1v) is 4.42. The topological polar surface area (TPSA) is 56.0 Å². The van der Waals surface area contributed by atoms with Crippen molar-refractivity contribution in [1.29, 1.82) is 0 Å². The highest BCUT2D eigenvalue weighted by Gasteiger charge is 1.94. The zero-order chi connectivity index (χ0) is 10.1. The molecule has 0 fully saturated rings. The van der Waals surface area contributed by atoms with Crippen molar-refractivity contribution in [3.05, 3.63) is 30.1 Å². The molecule has 3 heteroatoms. The van der Waals surface area contributed by atoms with Crippen LogP contribution >= 0.6 is 0 Å². The smallest absolute Gasteiger partial charge is 0.248 e. The van der Waals surface area contributed by atoms with Gasteiger partial charge in [0.1, 0.15) is 0 Å². The Morgan fingerprint density at radius 1 is 1.31 bits per heavy atom. The lowest BCUT2D eigenvalue weighted by atomic mass is 10.3. The van der Waals surface area contributed by atoms with Gasteiger partial charge in [0, 0.05) is 18.0 Å². The highest BCUT2D eigenvalue weighted by Crippen LogP contribution is 1.91. The van der Waals surface area contributed by atoms with Gasteiger partial charge in [0.15, 0.2) is 0 Å². The maximum atomic E-state index is 10.4. The van der Waals surface area contributed by atoms with Gasteiger partial charge in [-0.2, -0.15) is 0 Å². The molecular formula is C10H16N2O. The second-order valence-corrected chi connectivity index (χ2v) is 2.60. The summed E-state index contributed by atoms with van der Waals surface area (Å²) in [5, 5.41) is 0. The predicted octanol–water partition coefficient (Wildman–Crippen LogP) is 1.99. The van der Waals surface area contributed by atoms with Crippen LogP contribution in [0.2, 0.25) is 0 Å². The Bertz CT molecular complexity index is 232. The van der Waals surface area contributed by atoms with E-state index in [0.29, 0.717) is 5.56 Å². The number of carbonyl (C=O) groups is 1. The molecule has 0 aromatic carbocycles. The predicted molar refractivity (Wildman–Crippen MR) is 53.3 cm³/mol. The molecule has 0 spiro atoms. The van der Waals surface area contributed by atoms with Gasteiger partial charge in [0.2, 0.25) is 5.91 Å². The van der Waals surface area contributed by atoms with Gasteiger partial charge in [-0.1, -0.05) is 26.7 Å². The van der Waals surface area contributed by atoms with Crippen molar-refractivity contribution in [2.75, 3.05) is 0 Å². The molecule has 0 saturated carbocycles. The highest BCUT2D eigenvalue weighted by molar-refractivity contribution is 5.92. The summed E-state index contributed by atoms with van der Waals surface area (Å²) < 4.78 is 0. The fourth-order valence-corrected chi connectivity index (χ4v) is 0.516. The largest absolute Gasteiger partial charge is 0.366 e. The number of amides is 1. The summed E-state index contributed by atoms with van der Waals surface area (Å²) in [7, 11) is 0. The standard InChI is InChI=1S/C6H6N2O.C4H10/c7-6(9)5-1-3-8-4-2-5;1-3-4-2/h1-4H,(H2,7,9);3-4H2,1-2H3. The second-order valence-electron chi connectivity index (χ2n) is 2.60. The Balaban J connectivity index is 0.000000310. The molecule has 1 heterocycles. The third-order valence-corrected chi connectivity index (χ3v) is 1.46. The third kappa shape index (κ3) is 5.84. The van der Waals surface area contributed by atoms with Crippen LogP contribution in [0.25, 0.3) is 0 Å². The molecule has 0 radical (unpaired) electrons. The molecular weight excluding hydrogens is 164 g/mol. The van der Waals surface area contributed by atoms with Crippen molar-refractivity contribution in [2.45, 2.75) is 26.7 Å². The van der Waals surface area contributed by atoms with E-state index in [2.05, 4.69) is 18.8 Å². The number of hydrogen-bond acceptors (Lipinski definition) is 2. The summed E-state index contributed by atoms with van der Waals surface area (Å²) in [4.78, 5) is 14.1.